The zero-order valence-electron chi connectivity index (χ0n) is 9.71. The van der Waals surface area contributed by atoms with Gasteiger partial charge in [0.25, 0.3) is 0 Å². The molecule has 1 aromatic carbocycles. The number of hydrogen-bond acceptors (Lipinski definition) is 2. The Morgan fingerprint density at radius 3 is 2.72 bits per heavy atom. The minimum Gasteiger partial charge on any atom is -0.393 e. The fourth-order valence-electron chi connectivity index (χ4n) is 1.39. The van der Waals surface area contributed by atoms with E-state index in [-0.39, 0.29) is 17.9 Å². The maximum atomic E-state index is 13.3. The van der Waals surface area contributed by atoms with Gasteiger partial charge in [0.15, 0.2) is 0 Å². The summed E-state index contributed by atoms with van der Waals surface area (Å²) in [6, 6.07) is 3.15. The van der Waals surface area contributed by atoms with E-state index in [4.69, 9.17) is 5.73 Å². The number of benzene rings is 1. The highest BCUT2D eigenvalue weighted by Crippen LogP contribution is 2.09. The van der Waals surface area contributed by atoms with Crippen LogP contribution in [0.5, 0.6) is 0 Å². The summed E-state index contributed by atoms with van der Waals surface area (Å²) >= 11 is 4.69. The molecule has 3 N–H and O–H groups in total. The Morgan fingerprint density at radius 2 is 2.11 bits per heavy atom. The van der Waals surface area contributed by atoms with Crippen LogP contribution in [0.1, 0.15) is 18.4 Å². The van der Waals surface area contributed by atoms with E-state index in [0.29, 0.717) is 24.4 Å². The van der Waals surface area contributed by atoms with Gasteiger partial charge in [-0.15, -0.1) is 0 Å². The lowest BCUT2D eigenvalue weighted by molar-refractivity contribution is -0.120. The third-order valence-electron chi connectivity index (χ3n) is 2.29. The molecule has 0 bridgehead atoms. The smallest absolute Gasteiger partial charge is 0.224 e. The Bertz CT molecular complexity index is 452. The first kappa shape index (κ1) is 14.5. The number of nitrogens with two attached hydrogens (primary N) is 1. The van der Waals surface area contributed by atoms with E-state index in [1.165, 1.54) is 6.07 Å². The van der Waals surface area contributed by atoms with Crippen molar-refractivity contribution < 1.29 is 13.6 Å². The Kier molecular flexibility index (Phi) is 5.64. The largest absolute Gasteiger partial charge is 0.393 e. The van der Waals surface area contributed by atoms with Gasteiger partial charge >= 0.3 is 0 Å². The monoisotopic (exact) mass is 272 g/mol. The molecule has 0 saturated heterocycles. The molecule has 3 nitrogen and oxygen atoms in total. The first-order valence-corrected chi connectivity index (χ1v) is 5.89. The van der Waals surface area contributed by atoms with Gasteiger partial charge in [-0.05, 0) is 24.5 Å². The molecule has 0 fully saturated rings. The first-order chi connectivity index (χ1) is 8.49. The summed E-state index contributed by atoms with van der Waals surface area (Å²) in [5.74, 6) is -1.69. The molecule has 0 radical (unpaired) electrons. The van der Waals surface area contributed by atoms with Gasteiger partial charge in [0.1, 0.15) is 11.6 Å². The summed E-state index contributed by atoms with van der Waals surface area (Å²) in [5, 5.41) is 2.61. The number of halogens is 2. The average Bonchev–Trinajstić information content (AvgIpc) is 2.28. The van der Waals surface area contributed by atoms with Crippen LogP contribution in [0, 0.1) is 11.6 Å². The Balaban J connectivity index is 2.38. The number of nitrogens with one attached hydrogen (secondary N) is 1. The van der Waals surface area contributed by atoms with Crippen LogP contribution >= 0.6 is 12.2 Å². The molecule has 0 aliphatic heterocycles. The fraction of sp³-hybridized carbons (Fsp3) is 0.333. The minimum atomic E-state index is -0.715. The third-order valence-corrected chi connectivity index (χ3v) is 2.49. The van der Waals surface area contributed by atoms with Crippen LogP contribution in [0.15, 0.2) is 18.2 Å². The number of rotatable bonds is 6. The summed E-state index contributed by atoms with van der Waals surface area (Å²) in [4.78, 5) is 11.9. The third kappa shape index (κ3) is 5.18. The zero-order chi connectivity index (χ0) is 13.5. The summed E-state index contributed by atoms with van der Waals surface area (Å²) in [7, 11) is 0. The highest BCUT2D eigenvalue weighted by molar-refractivity contribution is 7.80. The summed E-state index contributed by atoms with van der Waals surface area (Å²) < 4.78 is 25.9. The molecule has 0 unspecified atom stereocenters. The molecule has 0 heterocycles. The van der Waals surface area contributed by atoms with Crippen molar-refractivity contribution in [3.8, 4) is 0 Å². The topological polar surface area (TPSA) is 55.1 Å². The molecular formula is C12H14F2N2OS. The van der Waals surface area contributed by atoms with E-state index >= 15 is 0 Å². The van der Waals surface area contributed by atoms with Gasteiger partial charge in [-0.2, -0.15) is 0 Å². The zero-order valence-corrected chi connectivity index (χ0v) is 10.5. The van der Waals surface area contributed by atoms with Crippen molar-refractivity contribution in [2.75, 3.05) is 6.54 Å². The molecule has 0 atom stereocenters. The highest BCUT2D eigenvalue weighted by Gasteiger charge is 2.08. The fourth-order valence-corrected chi connectivity index (χ4v) is 1.54. The van der Waals surface area contributed by atoms with E-state index < -0.39 is 11.6 Å². The van der Waals surface area contributed by atoms with E-state index in [1.807, 2.05) is 0 Å². The predicted molar refractivity (Wildman–Crippen MR) is 69.1 cm³/mol. The van der Waals surface area contributed by atoms with Gasteiger partial charge < -0.3 is 11.1 Å². The SMILES string of the molecule is NC(=S)CCCNC(=O)Cc1ccc(F)cc1F. The lowest BCUT2D eigenvalue weighted by atomic mass is 10.1. The summed E-state index contributed by atoms with van der Waals surface area (Å²) in [6.07, 6.45) is 1.09. The molecule has 0 aliphatic rings. The number of carbonyl (C=O) groups is 1. The van der Waals surface area contributed by atoms with Crippen LogP contribution in [0.25, 0.3) is 0 Å². The molecule has 1 aromatic rings. The van der Waals surface area contributed by atoms with Crippen molar-refractivity contribution in [2.24, 2.45) is 5.73 Å². The summed E-state index contributed by atoms with van der Waals surface area (Å²) in [6.45, 7) is 0.430. The lowest BCUT2D eigenvalue weighted by Gasteiger charge is -2.05. The van der Waals surface area contributed by atoms with Crippen LogP contribution in [0.3, 0.4) is 0 Å². The first-order valence-electron chi connectivity index (χ1n) is 5.48. The maximum Gasteiger partial charge on any atom is 0.224 e. The number of thiocarbonyl (C=S) groups is 1. The van der Waals surface area contributed by atoms with Crippen LogP contribution in [0.4, 0.5) is 8.78 Å². The number of hydrogen-bond donors (Lipinski definition) is 2. The number of carbonyl (C=O) groups excluding carboxylic acids is 1. The van der Waals surface area contributed by atoms with Gasteiger partial charge in [-0.1, -0.05) is 18.3 Å². The van der Waals surface area contributed by atoms with E-state index in [9.17, 15) is 13.6 Å². The van der Waals surface area contributed by atoms with Gasteiger partial charge in [0, 0.05) is 12.6 Å². The Labute approximate surface area is 109 Å². The Hall–Kier alpha value is -1.56. The lowest BCUT2D eigenvalue weighted by Crippen LogP contribution is -2.27. The normalized spacial score (nSPS) is 10.1. The standard InChI is InChI=1S/C12H14F2N2OS/c13-9-4-3-8(10(14)7-9)6-12(17)16-5-1-2-11(15)18/h3-4,7H,1-2,5-6H2,(H2,15,18)(H,16,17). The van der Waals surface area contributed by atoms with E-state index in [2.05, 4.69) is 17.5 Å². The van der Waals surface area contributed by atoms with Gasteiger partial charge in [0.05, 0.1) is 11.4 Å². The van der Waals surface area contributed by atoms with Crippen molar-refractivity contribution in [3.63, 3.8) is 0 Å². The predicted octanol–water partition coefficient (Wildman–Crippen LogP) is 1.69. The second-order valence-electron chi connectivity index (χ2n) is 3.83. The van der Waals surface area contributed by atoms with Crippen molar-refractivity contribution in [1.29, 1.82) is 0 Å². The molecule has 0 aromatic heterocycles. The van der Waals surface area contributed by atoms with Crippen LogP contribution in [-0.2, 0) is 11.2 Å². The van der Waals surface area contributed by atoms with Crippen LogP contribution < -0.4 is 11.1 Å². The molecule has 0 spiro atoms. The quantitative estimate of drug-likeness (QED) is 0.612. The molecular weight excluding hydrogens is 258 g/mol. The van der Waals surface area contributed by atoms with Crippen LogP contribution in [0.2, 0.25) is 0 Å². The molecule has 1 rings (SSSR count). The molecule has 0 aliphatic carbocycles. The van der Waals surface area contributed by atoms with Crippen molar-refractivity contribution in [3.05, 3.63) is 35.4 Å². The van der Waals surface area contributed by atoms with E-state index in [1.54, 1.807) is 0 Å². The van der Waals surface area contributed by atoms with Gasteiger partial charge in [-0.25, -0.2) is 8.78 Å². The van der Waals surface area contributed by atoms with Crippen LogP contribution in [-0.4, -0.2) is 17.4 Å². The molecule has 18 heavy (non-hydrogen) atoms. The Morgan fingerprint density at radius 1 is 1.39 bits per heavy atom. The average molecular weight is 272 g/mol. The molecule has 98 valence electrons. The molecule has 6 heteroatoms. The minimum absolute atomic E-state index is 0.112. The van der Waals surface area contributed by atoms with Crippen molar-refractivity contribution in [2.45, 2.75) is 19.3 Å². The summed E-state index contributed by atoms with van der Waals surface area (Å²) in [5.41, 5.74) is 5.47. The number of amides is 1. The van der Waals surface area contributed by atoms with Crippen molar-refractivity contribution >= 4 is 23.1 Å². The second-order valence-corrected chi connectivity index (χ2v) is 4.36. The van der Waals surface area contributed by atoms with Gasteiger partial charge in [0.2, 0.25) is 5.91 Å². The second kappa shape index (κ2) is 7.00. The highest BCUT2D eigenvalue weighted by atomic mass is 32.1. The van der Waals surface area contributed by atoms with E-state index in [0.717, 1.165) is 12.1 Å². The van der Waals surface area contributed by atoms with Gasteiger partial charge in [-0.3, -0.25) is 4.79 Å². The molecule has 0 saturated carbocycles. The van der Waals surface area contributed by atoms with Crippen molar-refractivity contribution in [1.82, 2.24) is 5.32 Å². The molecule has 1 amide bonds. The maximum absolute atomic E-state index is 13.3.